The van der Waals surface area contributed by atoms with Gasteiger partial charge in [0, 0.05) is 17.4 Å². The molecule has 0 aliphatic carbocycles. The Balaban J connectivity index is 2.33. The molecule has 0 N–H and O–H groups in total. The molecule has 0 spiro atoms. The summed E-state index contributed by atoms with van der Waals surface area (Å²) in [4.78, 5) is 3.97. The van der Waals surface area contributed by atoms with Gasteiger partial charge in [-0.25, -0.2) is 0 Å². The van der Waals surface area contributed by atoms with Gasteiger partial charge in [-0.15, -0.1) is 0 Å². The fraction of sp³-hybridized carbons (Fsp3) is 0. The zero-order chi connectivity index (χ0) is 10.7. The fourth-order valence-corrected chi connectivity index (χ4v) is 1.50. The van der Waals surface area contributed by atoms with Gasteiger partial charge in [0.1, 0.15) is 0 Å². The fourth-order valence-electron chi connectivity index (χ4n) is 1.37. The molecular formula is C13H10ClN. The maximum atomic E-state index is 5.82. The van der Waals surface area contributed by atoms with Gasteiger partial charge in [0.15, 0.2) is 0 Å². The Labute approximate surface area is 94.1 Å². The quantitative estimate of drug-likeness (QED) is 0.743. The van der Waals surface area contributed by atoms with Crippen LogP contribution in [0.3, 0.4) is 0 Å². The van der Waals surface area contributed by atoms with E-state index in [1.54, 1.807) is 12.4 Å². The molecule has 0 unspecified atom stereocenters. The van der Waals surface area contributed by atoms with Crippen LogP contribution < -0.4 is 0 Å². The maximum absolute atomic E-state index is 5.82. The Hall–Kier alpha value is -1.60. The molecule has 15 heavy (non-hydrogen) atoms. The van der Waals surface area contributed by atoms with Gasteiger partial charge in [-0.05, 0) is 41.0 Å². The normalized spacial score (nSPS) is 9.93. The smallest absolute Gasteiger partial charge is 0.0406 e. The van der Waals surface area contributed by atoms with Crippen molar-refractivity contribution in [2.75, 3.05) is 0 Å². The second-order valence-electron chi connectivity index (χ2n) is 3.22. The van der Waals surface area contributed by atoms with Crippen LogP contribution in [0.4, 0.5) is 0 Å². The second kappa shape index (κ2) is 4.28. The predicted molar refractivity (Wildman–Crippen MR) is 63.8 cm³/mol. The molecule has 0 saturated heterocycles. The van der Waals surface area contributed by atoms with E-state index in [0.29, 0.717) is 0 Å². The molecule has 0 fully saturated rings. The minimum Gasteiger partial charge on any atom is -0.265 e. The van der Waals surface area contributed by atoms with E-state index in [1.165, 1.54) is 0 Å². The number of hydrogen-bond donors (Lipinski definition) is 0. The molecule has 0 atom stereocenters. The van der Waals surface area contributed by atoms with E-state index in [2.05, 4.69) is 11.6 Å². The molecule has 1 aromatic carbocycles. The lowest BCUT2D eigenvalue weighted by Crippen LogP contribution is -1.85. The van der Waals surface area contributed by atoms with Crippen molar-refractivity contribution in [1.82, 2.24) is 4.98 Å². The summed E-state index contributed by atoms with van der Waals surface area (Å²) >= 11 is 5.82. The number of halogens is 1. The molecule has 0 aliphatic rings. The van der Waals surface area contributed by atoms with Gasteiger partial charge in [0.25, 0.3) is 0 Å². The highest BCUT2D eigenvalue weighted by atomic mass is 35.5. The second-order valence-corrected chi connectivity index (χ2v) is 3.66. The van der Waals surface area contributed by atoms with Crippen LogP contribution in [0.5, 0.6) is 0 Å². The number of rotatable bonds is 2. The van der Waals surface area contributed by atoms with E-state index >= 15 is 0 Å². The summed E-state index contributed by atoms with van der Waals surface area (Å²) in [5, 5.41) is 0.737. The topological polar surface area (TPSA) is 12.9 Å². The first kappa shape index (κ1) is 9.94. The van der Waals surface area contributed by atoms with Gasteiger partial charge in [-0.2, -0.15) is 0 Å². The van der Waals surface area contributed by atoms with Crippen LogP contribution in [0.1, 0.15) is 11.1 Å². The summed E-state index contributed by atoms with van der Waals surface area (Å²) in [6, 6.07) is 11.5. The van der Waals surface area contributed by atoms with E-state index < -0.39 is 0 Å². The van der Waals surface area contributed by atoms with Gasteiger partial charge in [-0.1, -0.05) is 30.3 Å². The first-order chi connectivity index (χ1) is 7.27. The molecular weight excluding hydrogens is 206 g/mol. The van der Waals surface area contributed by atoms with E-state index in [-0.39, 0.29) is 0 Å². The third-order valence-corrected chi connectivity index (χ3v) is 2.47. The van der Waals surface area contributed by atoms with Crippen molar-refractivity contribution in [1.29, 1.82) is 0 Å². The van der Waals surface area contributed by atoms with Crippen LogP contribution in [-0.4, -0.2) is 4.98 Å². The van der Waals surface area contributed by atoms with Crippen molar-refractivity contribution in [3.8, 4) is 0 Å². The molecule has 1 heterocycles. The first-order valence-electron chi connectivity index (χ1n) is 4.62. The van der Waals surface area contributed by atoms with Crippen molar-refractivity contribution in [3.05, 3.63) is 71.5 Å². The Bertz CT molecular complexity index is 460. The molecule has 0 radical (unpaired) electrons. The van der Waals surface area contributed by atoms with Crippen molar-refractivity contribution in [2.45, 2.75) is 0 Å². The van der Waals surface area contributed by atoms with Crippen LogP contribution in [-0.2, 0) is 0 Å². The van der Waals surface area contributed by atoms with Gasteiger partial charge >= 0.3 is 0 Å². The molecule has 0 aliphatic heterocycles. The lowest BCUT2D eigenvalue weighted by molar-refractivity contribution is 1.32. The van der Waals surface area contributed by atoms with Crippen molar-refractivity contribution < 1.29 is 0 Å². The predicted octanol–water partition coefficient (Wildman–Crippen LogP) is 3.80. The number of hydrogen-bond acceptors (Lipinski definition) is 1. The van der Waals surface area contributed by atoms with Crippen LogP contribution >= 0.6 is 11.6 Å². The lowest BCUT2D eigenvalue weighted by Gasteiger charge is -2.05. The zero-order valence-electron chi connectivity index (χ0n) is 8.15. The average Bonchev–Trinajstić information content (AvgIpc) is 2.30. The van der Waals surface area contributed by atoms with E-state index in [9.17, 15) is 0 Å². The summed E-state index contributed by atoms with van der Waals surface area (Å²) in [6.45, 7) is 4.05. The molecule has 2 heteroatoms. The number of nitrogens with zero attached hydrogens (tertiary/aromatic N) is 1. The third kappa shape index (κ3) is 2.25. The Kier molecular flexibility index (Phi) is 2.84. The van der Waals surface area contributed by atoms with Crippen LogP contribution in [0, 0.1) is 0 Å². The van der Waals surface area contributed by atoms with E-state index in [1.807, 2.05) is 36.4 Å². The summed E-state index contributed by atoms with van der Waals surface area (Å²) in [5.74, 6) is 0. The van der Waals surface area contributed by atoms with Gasteiger partial charge in [0.05, 0.1) is 0 Å². The highest BCUT2D eigenvalue weighted by Crippen LogP contribution is 2.22. The summed E-state index contributed by atoms with van der Waals surface area (Å²) < 4.78 is 0. The lowest BCUT2D eigenvalue weighted by atomic mass is 10.0. The highest BCUT2D eigenvalue weighted by molar-refractivity contribution is 6.30. The maximum Gasteiger partial charge on any atom is 0.0406 e. The summed E-state index contributed by atoms with van der Waals surface area (Å²) in [6.07, 6.45) is 3.52. The molecule has 0 amide bonds. The average molecular weight is 216 g/mol. The SMILES string of the molecule is C=C(c1ccncc1)c1ccc(Cl)cc1. The van der Waals surface area contributed by atoms with Crippen molar-refractivity contribution in [3.63, 3.8) is 0 Å². The third-order valence-electron chi connectivity index (χ3n) is 2.22. The molecule has 1 aromatic heterocycles. The highest BCUT2D eigenvalue weighted by Gasteiger charge is 2.01. The zero-order valence-corrected chi connectivity index (χ0v) is 8.91. The van der Waals surface area contributed by atoms with Crippen molar-refractivity contribution in [2.24, 2.45) is 0 Å². The van der Waals surface area contributed by atoms with Crippen LogP contribution in [0.25, 0.3) is 5.57 Å². The Morgan fingerprint density at radius 3 is 2.07 bits per heavy atom. The minimum absolute atomic E-state index is 0.737. The van der Waals surface area contributed by atoms with Gasteiger partial charge < -0.3 is 0 Å². The molecule has 0 bridgehead atoms. The van der Waals surface area contributed by atoms with Gasteiger partial charge in [-0.3, -0.25) is 4.98 Å². The number of benzene rings is 1. The van der Waals surface area contributed by atoms with E-state index in [4.69, 9.17) is 11.6 Å². The minimum atomic E-state index is 0.737. The standard InChI is InChI=1S/C13H10ClN/c1-10(12-6-8-15-9-7-12)11-2-4-13(14)5-3-11/h2-9H,1H2. The first-order valence-corrected chi connectivity index (χ1v) is 5.00. The molecule has 0 saturated carbocycles. The molecule has 74 valence electrons. The van der Waals surface area contributed by atoms with Crippen molar-refractivity contribution >= 4 is 17.2 Å². The van der Waals surface area contributed by atoms with Gasteiger partial charge in [0.2, 0.25) is 0 Å². The van der Waals surface area contributed by atoms with Crippen LogP contribution in [0.15, 0.2) is 55.4 Å². The molecule has 2 aromatic rings. The molecule has 2 rings (SSSR count). The Morgan fingerprint density at radius 1 is 0.933 bits per heavy atom. The van der Waals surface area contributed by atoms with Crippen LogP contribution in [0.2, 0.25) is 5.02 Å². The largest absolute Gasteiger partial charge is 0.265 e. The number of aromatic nitrogens is 1. The monoisotopic (exact) mass is 215 g/mol. The summed E-state index contributed by atoms with van der Waals surface area (Å²) in [7, 11) is 0. The number of pyridine rings is 1. The molecule has 1 nitrogen and oxygen atoms in total. The Morgan fingerprint density at radius 2 is 1.47 bits per heavy atom. The summed E-state index contributed by atoms with van der Waals surface area (Å²) in [5.41, 5.74) is 3.13. The van der Waals surface area contributed by atoms with E-state index in [0.717, 1.165) is 21.7 Å².